The van der Waals surface area contributed by atoms with Gasteiger partial charge < -0.3 is 15.2 Å². The summed E-state index contributed by atoms with van der Waals surface area (Å²) in [7, 11) is 2.12. The third-order valence-corrected chi connectivity index (χ3v) is 6.20. The monoisotopic (exact) mass is 431 g/mol. The molecule has 1 saturated heterocycles. The van der Waals surface area contributed by atoms with Gasteiger partial charge in [0.25, 0.3) is 5.91 Å². The molecule has 32 heavy (non-hydrogen) atoms. The molecule has 166 valence electrons. The van der Waals surface area contributed by atoms with Crippen LogP contribution >= 0.6 is 0 Å². The first kappa shape index (κ1) is 20.6. The molecule has 0 radical (unpaired) electrons. The average Bonchev–Trinajstić information content (AvgIpc) is 3.38. The molecule has 1 amide bonds. The Labute approximate surface area is 187 Å². The Morgan fingerprint density at radius 2 is 2.09 bits per heavy atom. The number of pyridine rings is 1. The van der Waals surface area contributed by atoms with E-state index in [-0.39, 0.29) is 11.9 Å². The highest BCUT2D eigenvalue weighted by Gasteiger charge is 2.21. The van der Waals surface area contributed by atoms with Gasteiger partial charge in [0.1, 0.15) is 11.5 Å². The molecular weight excluding hydrogens is 402 g/mol. The van der Waals surface area contributed by atoms with Crippen molar-refractivity contribution in [1.29, 1.82) is 0 Å². The van der Waals surface area contributed by atoms with Crippen molar-refractivity contribution in [2.24, 2.45) is 5.92 Å². The van der Waals surface area contributed by atoms with Crippen LogP contribution in [0.25, 0.3) is 27.7 Å². The van der Waals surface area contributed by atoms with Crippen LogP contribution in [0.4, 0.5) is 0 Å². The first-order valence-corrected chi connectivity index (χ1v) is 11.3. The van der Waals surface area contributed by atoms with Crippen molar-refractivity contribution in [1.82, 2.24) is 34.8 Å². The molecule has 5 rings (SSSR count). The van der Waals surface area contributed by atoms with Crippen molar-refractivity contribution in [3.05, 3.63) is 48.3 Å². The van der Waals surface area contributed by atoms with E-state index in [1.54, 1.807) is 10.7 Å². The van der Waals surface area contributed by atoms with E-state index in [1.807, 2.05) is 30.7 Å². The molecule has 0 aliphatic carbocycles. The zero-order chi connectivity index (χ0) is 22.2. The van der Waals surface area contributed by atoms with Crippen LogP contribution in [0.3, 0.4) is 0 Å². The van der Waals surface area contributed by atoms with Crippen LogP contribution in [0.5, 0.6) is 0 Å². The van der Waals surface area contributed by atoms with E-state index in [2.05, 4.69) is 51.2 Å². The van der Waals surface area contributed by atoms with Crippen LogP contribution in [0, 0.1) is 5.92 Å². The number of aromatic amines is 1. The molecular formula is C24H29N7O. The van der Waals surface area contributed by atoms with Gasteiger partial charge in [-0.05, 0) is 56.6 Å². The van der Waals surface area contributed by atoms with Crippen LogP contribution in [-0.2, 0) is 6.42 Å². The topological polar surface area (TPSA) is 91.2 Å². The largest absolute Gasteiger partial charge is 0.349 e. The molecule has 0 unspecified atom stereocenters. The Bertz CT molecular complexity index is 1260. The minimum absolute atomic E-state index is 0.0627. The predicted molar refractivity (Wildman–Crippen MR) is 125 cm³/mol. The molecule has 0 spiro atoms. The Morgan fingerprint density at radius 1 is 1.28 bits per heavy atom. The summed E-state index contributed by atoms with van der Waals surface area (Å²) in [5.74, 6) is 1.29. The molecule has 1 fully saturated rings. The molecule has 5 heterocycles. The summed E-state index contributed by atoms with van der Waals surface area (Å²) in [6.07, 6.45) is 10.2. The lowest BCUT2D eigenvalue weighted by Gasteiger charge is -2.29. The molecule has 2 N–H and O–H groups in total. The van der Waals surface area contributed by atoms with Gasteiger partial charge in [0.15, 0.2) is 0 Å². The fourth-order valence-corrected chi connectivity index (χ4v) is 4.39. The number of carbonyl (C=O) groups excluding carboxylic acids is 1. The summed E-state index contributed by atoms with van der Waals surface area (Å²) in [4.78, 5) is 27.8. The lowest BCUT2D eigenvalue weighted by Crippen LogP contribution is -2.43. The number of H-pyrrole nitrogens is 1. The van der Waals surface area contributed by atoms with Crippen molar-refractivity contribution in [3.8, 4) is 11.1 Å². The lowest BCUT2D eigenvalue weighted by atomic mass is 10.0. The van der Waals surface area contributed by atoms with Crippen molar-refractivity contribution in [3.63, 3.8) is 0 Å². The van der Waals surface area contributed by atoms with Crippen LogP contribution in [0.1, 0.15) is 42.9 Å². The maximum atomic E-state index is 13.0. The highest BCUT2D eigenvalue weighted by atomic mass is 16.1. The molecule has 0 saturated carbocycles. The number of nitrogens with zero attached hydrogens (tertiary/aromatic N) is 5. The second-order valence-electron chi connectivity index (χ2n) is 9.20. The second kappa shape index (κ2) is 8.35. The number of carbonyl (C=O) groups is 1. The van der Waals surface area contributed by atoms with E-state index < -0.39 is 0 Å². The smallest absolute Gasteiger partial charge is 0.255 e. The summed E-state index contributed by atoms with van der Waals surface area (Å²) < 4.78 is 1.75. The first-order valence-electron chi connectivity index (χ1n) is 11.3. The van der Waals surface area contributed by atoms with E-state index in [4.69, 9.17) is 0 Å². The third kappa shape index (κ3) is 3.98. The van der Waals surface area contributed by atoms with Gasteiger partial charge >= 0.3 is 0 Å². The van der Waals surface area contributed by atoms with Gasteiger partial charge in [-0.25, -0.2) is 14.5 Å². The van der Waals surface area contributed by atoms with Crippen molar-refractivity contribution in [2.45, 2.75) is 39.2 Å². The number of piperidine rings is 1. The number of nitrogens with one attached hydrogen (secondary N) is 2. The summed E-state index contributed by atoms with van der Waals surface area (Å²) in [6.45, 7) is 6.33. The number of hydrogen-bond acceptors (Lipinski definition) is 5. The molecule has 4 aromatic rings. The van der Waals surface area contributed by atoms with Gasteiger partial charge in [0.2, 0.25) is 0 Å². The number of amides is 1. The normalized spacial score (nSPS) is 15.8. The van der Waals surface area contributed by atoms with Crippen LogP contribution in [0.2, 0.25) is 0 Å². The van der Waals surface area contributed by atoms with E-state index in [1.165, 1.54) is 0 Å². The molecule has 0 aromatic carbocycles. The first-order chi connectivity index (χ1) is 15.5. The predicted octanol–water partition coefficient (Wildman–Crippen LogP) is 3.30. The number of likely N-dealkylation sites (tertiary alicyclic amines) is 1. The fourth-order valence-electron chi connectivity index (χ4n) is 4.39. The van der Waals surface area contributed by atoms with Gasteiger partial charge in [0, 0.05) is 42.0 Å². The van der Waals surface area contributed by atoms with Crippen LogP contribution < -0.4 is 5.32 Å². The molecule has 8 nitrogen and oxygen atoms in total. The molecule has 0 atom stereocenters. The standard InChI is InChI=1S/C24H29N7O/c1-15(2)10-22-25-13-19-18(12-26-23(19)29-22)16-4-9-31-21(11-16)20(14-27-31)24(32)28-17-5-7-30(3)8-6-17/h4,9,11-15,17H,5-8,10H2,1-3H3,(H,28,32)(H,25,26,29). The highest BCUT2D eigenvalue weighted by Crippen LogP contribution is 2.29. The molecule has 1 aliphatic heterocycles. The van der Waals surface area contributed by atoms with Crippen molar-refractivity contribution < 1.29 is 4.79 Å². The third-order valence-electron chi connectivity index (χ3n) is 6.20. The maximum absolute atomic E-state index is 13.0. The Hall–Kier alpha value is -3.26. The van der Waals surface area contributed by atoms with Crippen molar-refractivity contribution >= 4 is 22.5 Å². The maximum Gasteiger partial charge on any atom is 0.255 e. The molecule has 0 bridgehead atoms. The molecule has 1 aliphatic rings. The van der Waals surface area contributed by atoms with E-state index >= 15 is 0 Å². The highest BCUT2D eigenvalue weighted by molar-refractivity contribution is 6.02. The second-order valence-corrected chi connectivity index (χ2v) is 9.20. The fraction of sp³-hybridized carbons (Fsp3) is 0.417. The lowest BCUT2D eigenvalue weighted by molar-refractivity contribution is 0.0918. The van der Waals surface area contributed by atoms with Gasteiger partial charge in [0.05, 0.1) is 17.3 Å². The number of rotatable bonds is 5. The van der Waals surface area contributed by atoms with E-state index in [9.17, 15) is 4.79 Å². The van der Waals surface area contributed by atoms with E-state index in [0.29, 0.717) is 11.5 Å². The van der Waals surface area contributed by atoms with Gasteiger partial charge in [-0.15, -0.1) is 0 Å². The Morgan fingerprint density at radius 3 is 2.88 bits per heavy atom. The van der Waals surface area contributed by atoms with Gasteiger partial charge in [-0.1, -0.05) is 13.8 Å². The quantitative estimate of drug-likeness (QED) is 0.506. The summed E-state index contributed by atoms with van der Waals surface area (Å²) in [5, 5.41) is 8.55. The Balaban J connectivity index is 1.44. The SMILES string of the molecule is CC(C)Cc1ncc2c(-c3ccn4ncc(C(=O)NC5CCN(C)CC5)c4c3)c[nH]c2n1. The average molecular weight is 432 g/mol. The zero-order valence-electron chi connectivity index (χ0n) is 18.8. The van der Waals surface area contributed by atoms with Gasteiger partial charge in [-0.3, -0.25) is 4.79 Å². The van der Waals surface area contributed by atoms with E-state index in [0.717, 1.165) is 65.9 Å². The summed E-state index contributed by atoms with van der Waals surface area (Å²) >= 11 is 0. The number of aromatic nitrogens is 5. The van der Waals surface area contributed by atoms with Crippen LogP contribution in [0.15, 0.2) is 36.9 Å². The number of hydrogen-bond donors (Lipinski definition) is 2. The zero-order valence-corrected chi connectivity index (χ0v) is 18.8. The number of fused-ring (bicyclic) bond motifs is 2. The van der Waals surface area contributed by atoms with Gasteiger partial charge in [-0.2, -0.15) is 5.10 Å². The summed E-state index contributed by atoms with van der Waals surface area (Å²) in [5.41, 5.74) is 4.24. The van der Waals surface area contributed by atoms with Crippen molar-refractivity contribution in [2.75, 3.05) is 20.1 Å². The Kier molecular flexibility index (Phi) is 5.38. The molecule has 4 aromatic heterocycles. The van der Waals surface area contributed by atoms with Crippen LogP contribution in [-0.4, -0.2) is 61.6 Å². The minimum atomic E-state index is -0.0627. The molecule has 8 heteroatoms. The summed E-state index contributed by atoms with van der Waals surface area (Å²) in [6, 6.07) is 4.23. The minimum Gasteiger partial charge on any atom is -0.349 e.